The van der Waals surface area contributed by atoms with Crippen molar-refractivity contribution in [3.63, 3.8) is 0 Å². The molecule has 1 heterocycles. The van der Waals surface area contributed by atoms with Crippen molar-refractivity contribution in [1.82, 2.24) is 0 Å². The first-order valence-corrected chi connectivity index (χ1v) is 4.07. The van der Waals surface area contributed by atoms with Crippen LogP contribution in [0.1, 0.15) is 17.2 Å². The molecule has 1 aromatic carbocycles. The molecule has 1 aromatic rings. The van der Waals surface area contributed by atoms with Crippen molar-refractivity contribution < 1.29 is 9.47 Å². The van der Waals surface area contributed by atoms with Crippen LogP contribution in [0, 0.1) is 6.92 Å². The van der Waals surface area contributed by atoms with Gasteiger partial charge >= 0.3 is 0 Å². The number of hydrogen-bond donors (Lipinski definition) is 0. The molecule has 0 aliphatic carbocycles. The predicted octanol–water partition coefficient (Wildman–Crippen LogP) is 2.07. The van der Waals surface area contributed by atoms with Crippen molar-refractivity contribution in [3.05, 3.63) is 29.3 Å². The van der Waals surface area contributed by atoms with E-state index >= 15 is 0 Å². The lowest BCUT2D eigenvalue weighted by atomic mass is 10.1. The number of methoxy groups -OCH3 is 1. The van der Waals surface area contributed by atoms with Crippen LogP contribution in [-0.2, 0) is 4.74 Å². The van der Waals surface area contributed by atoms with E-state index in [1.807, 2.05) is 12.1 Å². The van der Waals surface area contributed by atoms with E-state index in [2.05, 4.69) is 13.0 Å². The lowest BCUT2D eigenvalue weighted by molar-refractivity contribution is 0.383. The molecule has 2 rings (SSSR count). The van der Waals surface area contributed by atoms with Gasteiger partial charge in [0.25, 0.3) is 0 Å². The van der Waals surface area contributed by atoms with E-state index in [4.69, 9.17) is 9.47 Å². The van der Waals surface area contributed by atoms with Gasteiger partial charge in [-0.25, -0.2) is 0 Å². The van der Waals surface area contributed by atoms with E-state index in [-0.39, 0.29) is 6.10 Å². The minimum absolute atomic E-state index is 0.278. The van der Waals surface area contributed by atoms with E-state index in [1.165, 1.54) is 11.1 Å². The van der Waals surface area contributed by atoms with Crippen LogP contribution in [0.5, 0.6) is 5.75 Å². The zero-order valence-corrected chi connectivity index (χ0v) is 7.33. The molecular weight excluding hydrogens is 152 g/mol. The van der Waals surface area contributed by atoms with Crippen molar-refractivity contribution in [1.29, 1.82) is 0 Å². The zero-order valence-electron chi connectivity index (χ0n) is 7.33. The summed E-state index contributed by atoms with van der Waals surface area (Å²) in [5, 5.41) is 0. The van der Waals surface area contributed by atoms with E-state index in [0.717, 1.165) is 12.4 Å². The molecule has 2 heteroatoms. The van der Waals surface area contributed by atoms with Crippen LogP contribution < -0.4 is 4.74 Å². The summed E-state index contributed by atoms with van der Waals surface area (Å²) < 4.78 is 10.4. The standard InChI is InChI=1S/C10H12O2/c1-7-3-4-9(11-2)8(5-7)10-6-12-10/h3-5,10H,6H2,1-2H3/t10-/m1/s1. The maximum absolute atomic E-state index is 5.22. The topological polar surface area (TPSA) is 21.8 Å². The summed E-state index contributed by atoms with van der Waals surface area (Å²) in [5.74, 6) is 0.933. The minimum atomic E-state index is 0.278. The quantitative estimate of drug-likeness (QED) is 0.624. The van der Waals surface area contributed by atoms with Crippen LogP contribution >= 0.6 is 0 Å². The number of ether oxygens (including phenoxy) is 2. The Morgan fingerprint density at radius 1 is 1.50 bits per heavy atom. The Labute approximate surface area is 72.1 Å². The molecule has 1 fully saturated rings. The second-order valence-electron chi connectivity index (χ2n) is 3.07. The lowest BCUT2D eigenvalue weighted by Crippen LogP contribution is -1.90. The Morgan fingerprint density at radius 2 is 2.25 bits per heavy atom. The van der Waals surface area contributed by atoms with E-state index < -0.39 is 0 Å². The number of rotatable bonds is 2. The van der Waals surface area contributed by atoms with E-state index in [9.17, 15) is 0 Å². The smallest absolute Gasteiger partial charge is 0.124 e. The highest BCUT2D eigenvalue weighted by molar-refractivity contribution is 5.39. The first-order valence-electron chi connectivity index (χ1n) is 4.07. The molecule has 0 bridgehead atoms. The first kappa shape index (κ1) is 7.62. The maximum atomic E-state index is 5.22. The van der Waals surface area contributed by atoms with Gasteiger partial charge in [-0.3, -0.25) is 0 Å². The van der Waals surface area contributed by atoms with Crippen molar-refractivity contribution in [2.75, 3.05) is 13.7 Å². The second-order valence-corrected chi connectivity index (χ2v) is 3.07. The molecule has 12 heavy (non-hydrogen) atoms. The zero-order chi connectivity index (χ0) is 8.55. The fraction of sp³-hybridized carbons (Fsp3) is 0.400. The molecule has 0 saturated carbocycles. The average molecular weight is 164 g/mol. The molecule has 0 aromatic heterocycles. The fourth-order valence-corrected chi connectivity index (χ4v) is 1.33. The van der Waals surface area contributed by atoms with Gasteiger partial charge < -0.3 is 9.47 Å². The highest BCUT2D eigenvalue weighted by Gasteiger charge is 2.27. The Balaban J connectivity index is 2.39. The third-order valence-corrected chi connectivity index (χ3v) is 2.07. The van der Waals surface area contributed by atoms with Gasteiger partial charge in [0, 0.05) is 5.56 Å². The molecule has 0 N–H and O–H groups in total. The molecular formula is C10H12O2. The summed E-state index contributed by atoms with van der Waals surface area (Å²) in [4.78, 5) is 0. The summed E-state index contributed by atoms with van der Waals surface area (Å²) >= 11 is 0. The van der Waals surface area contributed by atoms with Gasteiger partial charge in [-0.1, -0.05) is 11.6 Å². The van der Waals surface area contributed by atoms with Gasteiger partial charge in [0.05, 0.1) is 13.7 Å². The summed E-state index contributed by atoms with van der Waals surface area (Å²) in [6.07, 6.45) is 0.278. The minimum Gasteiger partial charge on any atom is -0.496 e. The highest BCUT2D eigenvalue weighted by atomic mass is 16.6. The average Bonchev–Trinajstić information content (AvgIpc) is 2.87. The van der Waals surface area contributed by atoms with Gasteiger partial charge in [0.1, 0.15) is 11.9 Å². The van der Waals surface area contributed by atoms with Crippen molar-refractivity contribution in [3.8, 4) is 5.75 Å². The largest absolute Gasteiger partial charge is 0.496 e. The molecule has 0 radical (unpaired) electrons. The highest BCUT2D eigenvalue weighted by Crippen LogP contribution is 2.36. The molecule has 1 saturated heterocycles. The number of hydrogen-bond acceptors (Lipinski definition) is 2. The molecule has 1 atom stereocenters. The van der Waals surface area contributed by atoms with Crippen LogP contribution in [0.4, 0.5) is 0 Å². The number of epoxide rings is 1. The van der Waals surface area contributed by atoms with Gasteiger partial charge in [-0.15, -0.1) is 0 Å². The summed E-state index contributed by atoms with van der Waals surface area (Å²) in [7, 11) is 1.69. The Morgan fingerprint density at radius 3 is 2.83 bits per heavy atom. The lowest BCUT2D eigenvalue weighted by Gasteiger charge is -2.06. The number of aryl methyl sites for hydroxylation is 1. The third-order valence-electron chi connectivity index (χ3n) is 2.07. The molecule has 2 nitrogen and oxygen atoms in total. The van der Waals surface area contributed by atoms with Gasteiger partial charge in [0.2, 0.25) is 0 Å². The van der Waals surface area contributed by atoms with Crippen LogP contribution in [0.15, 0.2) is 18.2 Å². The maximum Gasteiger partial charge on any atom is 0.124 e. The Hall–Kier alpha value is -1.02. The molecule has 0 spiro atoms. The molecule has 64 valence electrons. The monoisotopic (exact) mass is 164 g/mol. The first-order chi connectivity index (χ1) is 5.81. The normalized spacial score (nSPS) is 20.7. The SMILES string of the molecule is COc1ccc(C)cc1[C@H]1CO1. The molecule has 0 amide bonds. The summed E-state index contributed by atoms with van der Waals surface area (Å²) in [6, 6.07) is 6.16. The summed E-state index contributed by atoms with van der Waals surface area (Å²) in [5.41, 5.74) is 2.43. The van der Waals surface area contributed by atoms with Crippen LogP contribution in [0.3, 0.4) is 0 Å². The summed E-state index contributed by atoms with van der Waals surface area (Å²) in [6.45, 7) is 2.91. The Kier molecular flexibility index (Phi) is 1.77. The predicted molar refractivity (Wildman–Crippen MR) is 46.4 cm³/mol. The number of benzene rings is 1. The van der Waals surface area contributed by atoms with Crippen LogP contribution in [0.25, 0.3) is 0 Å². The van der Waals surface area contributed by atoms with Gasteiger partial charge in [0.15, 0.2) is 0 Å². The molecule has 0 unspecified atom stereocenters. The van der Waals surface area contributed by atoms with E-state index in [0.29, 0.717) is 0 Å². The molecule has 1 aliphatic rings. The van der Waals surface area contributed by atoms with Gasteiger partial charge in [-0.2, -0.15) is 0 Å². The van der Waals surface area contributed by atoms with Crippen LogP contribution in [-0.4, -0.2) is 13.7 Å². The van der Waals surface area contributed by atoms with E-state index in [1.54, 1.807) is 7.11 Å². The van der Waals surface area contributed by atoms with Crippen molar-refractivity contribution >= 4 is 0 Å². The molecule has 1 aliphatic heterocycles. The van der Waals surface area contributed by atoms with Crippen molar-refractivity contribution in [2.45, 2.75) is 13.0 Å². The van der Waals surface area contributed by atoms with Crippen LogP contribution in [0.2, 0.25) is 0 Å². The van der Waals surface area contributed by atoms with Gasteiger partial charge in [-0.05, 0) is 19.1 Å². The Bertz CT molecular complexity index is 290. The second kappa shape index (κ2) is 2.79. The fourth-order valence-electron chi connectivity index (χ4n) is 1.33. The van der Waals surface area contributed by atoms with Crippen molar-refractivity contribution in [2.24, 2.45) is 0 Å². The third kappa shape index (κ3) is 1.30.